The molecule has 0 aromatic rings. The molecule has 0 heterocycles. The highest BCUT2D eigenvalue weighted by Crippen LogP contribution is 2.43. The average molecular weight is 269 g/mol. The zero-order valence-corrected chi connectivity index (χ0v) is 12.7. The van der Waals surface area contributed by atoms with Crippen molar-refractivity contribution < 1.29 is 14.7 Å². The quantitative estimate of drug-likeness (QED) is 0.853. The van der Waals surface area contributed by atoms with Crippen LogP contribution in [0, 0.1) is 29.6 Å². The number of aliphatic carboxylic acids is 1. The number of carbonyl (C=O) groups excluding carboxylic acids is 1. The Morgan fingerprint density at radius 1 is 1.16 bits per heavy atom. The molecule has 0 aromatic carbocycles. The summed E-state index contributed by atoms with van der Waals surface area (Å²) in [5, 5.41) is 9.51. The summed E-state index contributed by atoms with van der Waals surface area (Å²) < 4.78 is 0. The molecule has 1 rings (SSSR count). The predicted molar refractivity (Wildman–Crippen MR) is 74.7 cm³/mol. The molecule has 1 fully saturated rings. The molecule has 19 heavy (non-hydrogen) atoms. The Bertz CT molecular complexity index is 340. The standard InChI is InChI=1S/C15H27NO3/c1-9-6-7-10(2)14(11(9)3)12(15(18)19)8-13(17)16(4)5/h9-12,14H,6-8H2,1-5H3,(H,18,19)/t9?,10?,11?,12-,14+/m1/s1. The second-order valence-electron chi connectivity index (χ2n) is 6.41. The van der Waals surface area contributed by atoms with Crippen molar-refractivity contribution in [2.75, 3.05) is 14.1 Å². The van der Waals surface area contributed by atoms with Crippen LogP contribution in [0.1, 0.15) is 40.0 Å². The fourth-order valence-corrected chi connectivity index (χ4v) is 3.40. The molecular formula is C15H27NO3. The lowest BCUT2D eigenvalue weighted by Gasteiger charge is -2.42. The van der Waals surface area contributed by atoms with E-state index in [2.05, 4.69) is 20.8 Å². The molecule has 0 spiro atoms. The Balaban J connectivity index is 2.90. The monoisotopic (exact) mass is 269 g/mol. The Kier molecular flexibility index (Phi) is 5.39. The van der Waals surface area contributed by atoms with Crippen LogP contribution in [0.4, 0.5) is 0 Å². The van der Waals surface area contributed by atoms with Crippen LogP contribution in [0.5, 0.6) is 0 Å². The second kappa shape index (κ2) is 6.40. The van der Waals surface area contributed by atoms with E-state index < -0.39 is 11.9 Å². The lowest BCUT2D eigenvalue weighted by molar-refractivity contribution is -0.150. The van der Waals surface area contributed by atoms with Gasteiger partial charge in [-0.3, -0.25) is 9.59 Å². The maximum atomic E-state index is 11.9. The first-order valence-electron chi connectivity index (χ1n) is 7.18. The van der Waals surface area contributed by atoms with Crippen molar-refractivity contribution in [1.29, 1.82) is 0 Å². The highest BCUT2D eigenvalue weighted by molar-refractivity contribution is 5.82. The van der Waals surface area contributed by atoms with E-state index >= 15 is 0 Å². The lowest BCUT2D eigenvalue weighted by atomic mass is 9.63. The molecule has 1 saturated carbocycles. The highest BCUT2D eigenvalue weighted by atomic mass is 16.4. The van der Waals surface area contributed by atoms with Crippen LogP contribution < -0.4 is 0 Å². The Labute approximate surface area is 116 Å². The fourth-order valence-electron chi connectivity index (χ4n) is 3.40. The van der Waals surface area contributed by atoms with E-state index in [0.29, 0.717) is 17.8 Å². The molecule has 1 amide bonds. The highest BCUT2D eigenvalue weighted by Gasteiger charge is 2.41. The van der Waals surface area contributed by atoms with Gasteiger partial charge in [-0.1, -0.05) is 33.6 Å². The van der Waals surface area contributed by atoms with Crippen LogP contribution in [-0.4, -0.2) is 36.0 Å². The van der Waals surface area contributed by atoms with Crippen LogP contribution in [0.25, 0.3) is 0 Å². The molecule has 0 saturated heterocycles. The predicted octanol–water partition coefficient (Wildman–Crippen LogP) is 2.48. The minimum absolute atomic E-state index is 0.0926. The van der Waals surface area contributed by atoms with Gasteiger partial charge in [0.25, 0.3) is 0 Å². The van der Waals surface area contributed by atoms with Crippen molar-refractivity contribution in [2.24, 2.45) is 29.6 Å². The lowest BCUT2D eigenvalue weighted by Crippen LogP contribution is -2.41. The van der Waals surface area contributed by atoms with Gasteiger partial charge in [-0.15, -0.1) is 0 Å². The maximum absolute atomic E-state index is 11.9. The van der Waals surface area contributed by atoms with Gasteiger partial charge in [-0.2, -0.15) is 0 Å². The van der Waals surface area contributed by atoms with Crippen LogP contribution in [0.3, 0.4) is 0 Å². The Hall–Kier alpha value is -1.06. The van der Waals surface area contributed by atoms with Gasteiger partial charge in [-0.05, 0) is 23.7 Å². The molecule has 5 atom stereocenters. The summed E-state index contributed by atoms with van der Waals surface area (Å²) >= 11 is 0. The van der Waals surface area contributed by atoms with Crippen LogP contribution in [0.15, 0.2) is 0 Å². The second-order valence-corrected chi connectivity index (χ2v) is 6.41. The fraction of sp³-hybridized carbons (Fsp3) is 0.867. The molecule has 3 unspecified atom stereocenters. The van der Waals surface area contributed by atoms with E-state index in [1.807, 2.05) is 0 Å². The first-order chi connectivity index (χ1) is 8.75. The SMILES string of the molecule is CC1CCC(C)[C@H]([C@@H](CC(=O)N(C)C)C(=O)O)C1C. The number of carboxylic acid groups (broad SMARTS) is 1. The molecule has 0 aromatic heterocycles. The Morgan fingerprint density at radius 2 is 1.68 bits per heavy atom. The van der Waals surface area contributed by atoms with Gasteiger partial charge in [-0.25, -0.2) is 0 Å². The number of rotatable bonds is 4. The van der Waals surface area contributed by atoms with Crippen molar-refractivity contribution in [1.82, 2.24) is 4.90 Å². The number of hydrogen-bond donors (Lipinski definition) is 1. The van der Waals surface area contributed by atoms with Gasteiger partial charge in [0, 0.05) is 20.5 Å². The zero-order valence-electron chi connectivity index (χ0n) is 12.7. The van der Waals surface area contributed by atoms with Gasteiger partial charge in [0.05, 0.1) is 5.92 Å². The third-order valence-corrected chi connectivity index (χ3v) is 4.91. The average Bonchev–Trinajstić information content (AvgIpc) is 2.32. The third-order valence-electron chi connectivity index (χ3n) is 4.91. The number of carboxylic acids is 1. The summed E-state index contributed by atoms with van der Waals surface area (Å²) in [4.78, 5) is 24.9. The van der Waals surface area contributed by atoms with Gasteiger partial charge >= 0.3 is 5.97 Å². The van der Waals surface area contributed by atoms with Crippen LogP contribution >= 0.6 is 0 Å². The van der Waals surface area contributed by atoms with E-state index in [-0.39, 0.29) is 18.2 Å². The van der Waals surface area contributed by atoms with Gasteiger partial charge in [0.2, 0.25) is 5.91 Å². The molecule has 0 radical (unpaired) electrons. The van der Waals surface area contributed by atoms with Gasteiger partial charge in [0.1, 0.15) is 0 Å². The topological polar surface area (TPSA) is 57.6 Å². The van der Waals surface area contributed by atoms with E-state index in [9.17, 15) is 14.7 Å². The number of hydrogen-bond acceptors (Lipinski definition) is 2. The summed E-state index contributed by atoms with van der Waals surface area (Å²) in [7, 11) is 3.36. The number of carbonyl (C=O) groups is 2. The molecule has 4 nitrogen and oxygen atoms in total. The molecule has 1 N–H and O–H groups in total. The van der Waals surface area contributed by atoms with E-state index in [1.54, 1.807) is 14.1 Å². The molecule has 110 valence electrons. The minimum atomic E-state index is -0.826. The summed E-state index contributed by atoms with van der Waals surface area (Å²) in [6, 6.07) is 0. The van der Waals surface area contributed by atoms with Crippen molar-refractivity contribution in [3.05, 3.63) is 0 Å². The molecule has 0 bridgehead atoms. The van der Waals surface area contributed by atoms with Gasteiger partial charge in [0.15, 0.2) is 0 Å². The number of amides is 1. The van der Waals surface area contributed by atoms with Gasteiger partial charge < -0.3 is 10.0 Å². The van der Waals surface area contributed by atoms with E-state index in [4.69, 9.17) is 0 Å². The van der Waals surface area contributed by atoms with Crippen LogP contribution in [0.2, 0.25) is 0 Å². The molecular weight excluding hydrogens is 242 g/mol. The summed E-state index contributed by atoms with van der Waals surface area (Å²) in [6.45, 7) is 6.46. The molecule has 1 aliphatic carbocycles. The van der Waals surface area contributed by atoms with Crippen molar-refractivity contribution >= 4 is 11.9 Å². The largest absolute Gasteiger partial charge is 0.481 e. The van der Waals surface area contributed by atoms with E-state index in [1.165, 1.54) is 4.90 Å². The van der Waals surface area contributed by atoms with Crippen molar-refractivity contribution in [2.45, 2.75) is 40.0 Å². The third kappa shape index (κ3) is 3.71. The first kappa shape index (κ1) is 16.0. The van der Waals surface area contributed by atoms with Crippen molar-refractivity contribution in [3.63, 3.8) is 0 Å². The summed E-state index contributed by atoms with van der Waals surface area (Å²) in [6.07, 6.45) is 2.34. The molecule has 4 heteroatoms. The minimum Gasteiger partial charge on any atom is -0.481 e. The number of nitrogens with zero attached hydrogens (tertiary/aromatic N) is 1. The zero-order chi connectivity index (χ0) is 14.7. The summed E-state index contributed by atoms with van der Waals surface area (Å²) in [5.41, 5.74) is 0. The Morgan fingerprint density at radius 3 is 2.16 bits per heavy atom. The van der Waals surface area contributed by atoms with Crippen molar-refractivity contribution in [3.8, 4) is 0 Å². The van der Waals surface area contributed by atoms with Crippen LogP contribution in [-0.2, 0) is 9.59 Å². The molecule has 0 aliphatic heterocycles. The smallest absolute Gasteiger partial charge is 0.307 e. The first-order valence-corrected chi connectivity index (χ1v) is 7.18. The summed E-state index contributed by atoms with van der Waals surface area (Å²) in [5.74, 6) is -0.0922. The normalized spacial score (nSPS) is 32.7. The van der Waals surface area contributed by atoms with E-state index in [0.717, 1.165) is 12.8 Å². The maximum Gasteiger partial charge on any atom is 0.307 e. The molecule has 1 aliphatic rings.